The van der Waals surface area contributed by atoms with Crippen molar-refractivity contribution in [1.29, 1.82) is 0 Å². The Morgan fingerprint density at radius 1 is 1.47 bits per heavy atom. The number of nitrogens with one attached hydrogen (secondary N) is 2. The third-order valence-electron chi connectivity index (χ3n) is 2.21. The van der Waals surface area contributed by atoms with E-state index in [0.29, 0.717) is 11.3 Å². The molecular weight excluding hydrogens is 279 g/mol. The quantitative estimate of drug-likeness (QED) is 0.819. The van der Waals surface area contributed by atoms with E-state index in [0.717, 1.165) is 5.69 Å². The third-order valence-corrected chi connectivity index (χ3v) is 2.94. The van der Waals surface area contributed by atoms with Gasteiger partial charge in [0.2, 0.25) is 0 Å². The normalized spacial score (nSPS) is 11.2. The fraction of sp³-hybridized carbons (Fsp3) is 0.455. The Balaban J connectivity index is 2.54. The molecule has 1 rings (SSSR count). The van der Waals surface area contributed by atoms with Crippen molar-refractivity contribution in [3.05, 3.63) is 23.5 Å². The Kier molecular flexibility index (Phi) is 5.46. The minimum Gasteiger partial charge on any atom is -0.387 e. The zero-order chi connectivity index (χ0) is 14.5. The van der Waals surface area contributed by atoms with Gasteiger partial charge in [0.05, 0.1) is 11.3 Å². The Labute approximate surface area is 113 Å². The average Bonchev–Trinajstić information content (AvgIpc) is 2.33. The van der Waals surface area contributed by atoms with Crippen LogP contribution in [0.2, 0.25) is 0 Å². The van der Waals surface area contributed by atoms with Crippen molar-refractivity contribution in [3.8, 4) is 0 Å². The van der Waals surface area contributed by atoms with Gasteiger partial charge in [0.1, 0.15) is 0 Å². The number of thioether (sulfide) groups is 1. The molecule has 0 fully saturated rings. The Morgan fingerprint density at radius 2 is 2.16 bits per heavy atom. The number of aromatic nitrogens is 1. The second-order valence-electron chi connectivity index (χ2n) is 3.67. The second-order valence-corrected chi connectivity index (χ2v) is 4.83. The standard InChI is InChI=1S/C11H14F3N3OS/c1-7-5-9(15-2)8(6-17-7)10(18)16-3-4-19-11(12,13)14/h5-6H,3-4H2,1-2H3,(H,15,17)(H,16,18). The van der Waals surface area contributed by atoms with E-state index < -0.39 is 11.4 Å². The molecule has 8 heteroatoms. The third kappa shape index (κ3) is 5.37. The van der Waals surface area contributed by atoms with Gasteiger partial charge in [0.25, 0.3) is 5.91 Å². The molecule has 4 nitrogen and oxygen atoms in total. The van der Waals surface area contributed by atoms with E-state index in [1.807, 2.05) is 0 Å². The van der Waals surface area contributed by atoms with Gasteiger partial charge >= 0.3 is 5.51 Å². The lowest BCUT2D eigenvalue weighted by atomic mass is 10.2. The highest BCUT2D eigenvalue weighted by Gasteiger charge is 2.27. The van der Waals surface area contributed by atoms with Crippen LogP contribution in [0.1, 0.15) is 16.1 Å². The van der Waals surface area contributed by atoms with E-state index in [2.05, 4.69) is 15.6 Å². The summed E-state index contributed by atoms with van der Waals surface area (Å²) in [5.41, 5.74) is -2.63. The molecule has 1 aromatic rings. The SMILES string of the molecule is CNc1cc(C)ncc1C(=O)NCCSC(F)(F)F. The van der Waals surface area contributed by atoms with Crippen LogP contribution in [0.3, 0.4) is 0 Å². The molecule has 0 radical (unpaired) electrons. The zero-order valence-corrected chi connectivity index (χ0v) is 11.3. The molecule has 0 aliphatic rings. The number of alkyl halides is 3. The first kappa shape index (κ1) is 15.6. The maximum atomic E-state index is 11.9. The molecule has 2 N–H and O–H groups in total. The highest BCUT2D eigenvalue weighted by atomic mass is 32.2. The lowest BCUT2D eigenvalue weighted by Crippen LogP contribution is -2.27. The lowest BCUT2D eigenvalue weighted by molar-refractivity contribution is -0.0327. The minimum atomic E-state index is -4.27. The molecule has 0 aromatic carbocycles. The summed E-state index contributed by atoms with van der Waals surface area (Å²) in [6.07, 6.45) is 1.40. The van der Waals surface area contributed by atoms with E-state index in [9.17, 15) is 18.0 Å². The molecule has 0 aliphatic carbocycles. The maximum Gasteiger partial charge on any atom is 0.441 e. The fourth-order valence-corrected chi connectivity index (χ4v) is 1.81. The van der Waals surface area contributed by atoms with Crippen LogP contribution in [0.5, 0.6) is 0 Å². The summed E-state index contributed by atoms with van der Waals surface area (Å²) in [4.78, 5) is 15.8. The molecule has 0 saturated carbocycles. The number of carbonyl (C=O) groups excluding carboxylic acids is 1. The smallest absolute Gasteiger partial charge is 0.387 e. The number of pyridine rings is 1. The molecule has 1 amide bonds. The number of rotatable bonds is 5. The molecule has 106 valence electrons. The van der Waals surface area contributed by atoms with Crippen molar-refractivity contribution >= 4 is 23.4 Å². The summed E-state index contributed by atoms with van der Waals surface area (Å²) in [6, 6.07) is 1.69. The number of hydrogen-bond acceptors (Lipinski definition) is 4. The first-order valence-corrected chi connectivity index (χ1v) is 6.45. The molecule has 0 spiro atoms. The highest BCUT2D eigenvalue weighted by Crippen LogP contribution is 2.29. The molecule has 0 aliphatic heterocycles. The van der Waals surface area contributed by atoms with Gasteiger partial charge in [-0.1, -0.05) is 0 Å². The molecule has 1 aromatic heterocycles. The van der Waals surface area contributed by atoms with Crippen LogP contribution in [0.15, 0.2) is 12.3 Å². The number of anilines is 1. The zero-order valence-electron chi connectivity index (χ0n) is 10.5. The Hall–Kier alpha value is -1.44. The summed E-state index contributed by atoms with van der Waals surface area (Å²) < 4.78 is 35.7. The van der Waals surface area contributed by atoms with Crippen molar-refractivity contribution in [2.45, 2.75) is 12.4 Å². The summed E-state index contributed by atoms with van der Waals surface area (Å²) in [7, 11) is 1.66. The first-order valence-electron chi connectivity index (χ1n) is 5.47. The predicted molar refractivity (Wildman–Crippen MR) is 69.4 cm³/mol. The largest absolute Gasteiger partial charge is 0.441 e. The van der Waals surface area contributed by atoms with Crippen molar-refractivity contribution in [2.75, 3.05) is 24.7 Å². The van der Waals surface area contributed by atoms with Gasteiger partial charge in [-0.05, 0) is 24.8 Å². The van der Waals surface area contributed by atoms with Crippen LogP contribution in [0, 0.1) is 6.92 Å². The number of halogens is 3. The van der Waals surface area contributed by atoms with Gasteiger partial charge in [-0.2, -0.15) is 13.2 Å². The fourth-order valence-electron chi connectivity index (χ4n) is 1.37. The van der Waals surface area contributed by atoms with Crippen LogP contribution in [-0.4, -0.2) is 35.7 Å². The van der Waals surface area contributed by atoms with E-state index in [4.69, 9.17) is 0 Å². The number of carbonyl (C=O) groups is 1. The maximum absolute atomic E-state index is 11.9. The van der Waals surface area contributed by atoms with Crippen LogP contribution in [0.4, 0.5) is 18.9 Å². The van der Waals surface area contributed by atoms with E-state index in [-0.39, 0.29) is 24.1 Å². The van der Waals surface area contributed by atoms with Gasteiger partial charge in [0.15, 0.2) is 0 Å². The number of amides is 1. The van der Waals surface area contributed by atoms with Crippen molar-refractivity contribution < 1.29 is 18.0 Å². The summed E-state index contributed by atoms with van der Waals surface area (Å²) in [5.74, 6) is -0.664. The molecular formula is C11H14F3N3OS. The minimum absolute atomic E-state index is 0.0555. The topological polar surface area (TPSA) is 54.0 Å². The number of nitrogens with zero attached hydrogens (tertiary/aromatic N) is 1. The van der Waals surface area contributed by atoms with Crippen LogP contribution < -0.4 is 10.6 Å². The van der Waals surface area contributed by atoms with E-state index in [1.54, 1.807) is 20.0 Å². The average molecular weight is 293 g/mol. The Bertz CT molecular complexity index is 451. The monoisotopic (exact) mass is 293 g/mol. The van der Waals surface area contributed by atoms with Crippen molar-refractivity contribution in [2.24, 2.45) is 0 Å². The first-order chi connectivity index (χ1) is 8.83. The van der Waals surface area contributed by atoms with Gasteiger partial charge < -0.3 is 10.6 Å². The van der Waals surface area contributed by atoms with Crippen LogP contribution in [0.25, 0.3) is 0 Å². The molecule has 0 unspecified atom stereocenters. The van der Waals surface area contributed by atoms with Gasteiger partial charge in [0, 0.05) is 31.2 Å². The second kappa shape index (κ2) is 6.65. The highest BCUT2D eigenvalue weighted by molar-refractivity contribution is 8.00. The number of aryl methyl sites for hydroxylation is 1. The van der Waals surface area contributed by atoms with Crippen molar-refractivity contribution in [3.63, 3.8) is 0 Å². The summed E-state index contributed by atoms with van der Waals surface area (Å²) >= 11 is -0.163. The van der Waals surface area contributed by atoms with E-state index in [1.165, 1.54) is 6.20 Å². The van der Waals surface area contributed by atoms with Crippen LogP contribution in [-0.2, 0) is 0 Å². The molecule has 0 atom stereocenters. The summed E-state index contributed by atoms with van der Waals surface area (Å²) in [6.45, 7) is 1.72. The number of hydrogen-bond donors (Lipinski definition) is 2. The molecule has 0 saturated heterocycles. The summed E-state index contributed by atoms with van der Waals surface area (Å²) in [5, 5.41) is 5.27. The van der Waals surface area contributed by atoms with Crippen molar-refractivity contribution in [1.82, 2.24) is 10.3 Å². The van der Waals surface area contributed by atoms with E-state index >= 15 is 0 Å². The van der Waals surface area contributed by atoms with Gasteiger partial charge in [-0.3, -0.25) is 9.78 Å². The molecule has 19 heavy (non-hydrogen) atoms. The van der Waals surface area contributed by atoms with Gasteiger partial charge in [-0.25, -0.2) is 0 Å². The van der Waals surface area contributed by atoms with Gasteiger partial charge in [-0.15, -0.1) is 0 Å². The molecule has 0 bridgehead atoms. The predicted octanol–water partition coefficient (Wildman–Crippen LogP) is 2.41. The molecule has 1 heterocycles. The Morgan fingerprint density at radius 3 is 2.74 bits per heavy atom. The lowest BCUT2D eigenvalue weighted by Gasteiger charge is -2.10. The van der Waals surface area contributed by atoms with Crippen LogP contribution >= 0.6 is 11.8 Å².